The van der Waals surface area contributed by atoms with Crippen molar-refractivity contribution in [2.75, 3.05) is 41.3 Å². The molecule has 2 saturated heterocycles. The summed E-state index contributed by atoms with van der Waals surface area (Å²) in [6.45, 7) is 3.18. The number of nitrogens with zero attached hydrogens (tertiary/aromatic N) is 5. The van der Waals surface area contributed by atoms with Crippen LogP contribution in [0, 0.1) is 0 Å². The van der Waals surface area contributed by atoms with Gasteiger partial charge >= 0.3 is 0 Å². The highest BCUT2D eigenvalue weighted by Gasteiger charge is 2.28. The molecule has 3 heterocycles. The Morgan fingerprint density at radius 1 is 0.806 bits per heavy atom. The van der Waals surface area contributed by atoms with Crippen LogP contribution in [0.4, 0.5) is 17.8 Å². The summed E-state index contributed by atoms with van der Waals surface area (Å²) in [6.07, 6.45) is 1.58. The number of halogens is 1. The van der Waals surface area contributed by atoms with Gasteiger partial charge in [0.25, 0.3) is 0 Å². The van der Waals surface area contributed by atoms with E-state index in [0.717, 1.165) is 22.9 Å². The van der Waals surface area contributed by atoms with Crippen LogP contribution in [0.3, 0.4) is 0 Å². The van der Waals surface area contributed by atoms with E-state index in [2.05, 4.69) is 31.2 Å². The maximum Gasteiger partial charge on any atom is 0.232 e. The van der Waals surface area contributed by atoms with Crippen LogP contribution < -0.4 is 38.1 Å². The minimum Gasteiger partial charge on any atom is -0.350 e. The highest BCUT2D eigenvalue weighted by molar-refractivity contribution is 9.10. The van der Waals surface area contributed by atoms with Crippen molar-refractivity contribution >= 4 is 33.8 Å². The molecule has 2 aliphatic rings. The van der Waals surface area contributed by atoms with Crippen molar-refractivity contribution in [2.24, 2.45) is 22.9 Å². The van der Waals surface area contributed by atoms with Crippen LogP contribution in [0.5, 0.6) is 0 Å². The van der Waals surface area contributed by atoms with Gasteiger partial charge in [0.05, 0.1) is 0 Å². The van der Waals surface area contributed by atoms with Crippen LogP contribution in [0.2, 0.25) is 0 Å². The van der Waals surface area contributed by atoms with Crippen molar-refractivity contribution in [2.45, 2.75) is 43.6 Å². The maximum absolute atomic E-state index is 6.20. The Morgan fingerprint density at radius 3 is 1.77 bits per heavy atom. The molecule has 2 aliphatic heterocycles. The van der Waals surface area contributed by atoms with Gasteiger partial charge in [-0.05, 0) is 24.5 Å². The Bertz CT molecular complexity index is 832. The molecule has 9 N–H and O–H groups in total. The van der Waals surface area contributed by atoms with Gasteiger partial charge in [0.1, 0.15) is 0 Å². The Kier molecular flexibility index (Phi) is 6.87. The molecule has 31 heavy (non-hydrogen) atoms. The minimum absolute atomic E-state index is 0.0162. The van der Waals surface area contributed by atoms with Crippen LogP contribution in [0.25, 0.3) is 0 Å². The van der Waals surface area contributed by atoms with E-state index in [-0.39, 0.29) is 24.2 Å². The van der Waals surface area contributed by atoms with Crippen molar-refractivity contribution in [3.8, 4) is 0 Å². The van der Waals surface area contributed by atoms with Gasteiger partial charge in [-0.15, -0.1) is 0 Å². The number of hydrogen-bond donors (Lipinski definition) is 5. The summed E-state index contributed by atoms with van der Waals surface area (Å²) < 4.78 is 1.03. The van der Waals surface area contributed by atoms with E-state index in [1.807, 2.05) is 34.1 Å². The fraction of sp³-hybridized carbons (Fsp3) is 0.550. The smallest absolute Gasteiger partial charge is 0.232 e. The molecule has 0 radical (unpaired) electrons. The molecule has 0 spiro atoms. The zero-order valence-corrected chi connectivity index (χ0v) is 19.1. The third-order valence-corrected chi connectivity index (χ3v) is 6.38. The summed E-state index contributed by atoms with van der Waals surface area (Å²) in [5.41, 5.74) is 25.9. The van der Waals surface area contributed by atoms with Gasteiger partial charge in [0.15, 0.2) is 0 Å². The minimum atomic E-state index is -0.0162. The monoisotopic (exact) mass is 490 g/mol. The van der Waals surface area contributed by atoms with Gasteiger partial charge in [0, 0.05) is 61.4 Å². The lowest BCUT2D eigenvalue weighted by Gasteiger charge is -2.37. The molecule has 168 valence electrons. The number of rotatable bonds is 5. The second-order valence-corrected chi connectivity index (χ2v) is 9.38. The number of hydrogen-bond acceptors (Lipinski definition) is 10. The lowest BCUT2D eigenvalue weighted by molar-refractivity contribution is 0.441. The molecular formula is C20H31BrN10. The third kappa shape index (κ3) is 5.60. The number of benzene rings is 1. The SMILES string of the molecule is NC1CC(N)CN(c2nc(NCc3ccccc3Br)nc(N3CC(N)CC(N)C3)n2)C1. The van der Waals surface area contributed by atoms with Crippen molar-refractivity contribution in [3.63, 3.8) is 0 Å². The molecule has 11 heteroatoms. The molecule has 1 aromatic heterocycles. The average molecular weight is 491 g/mol. The van der Waals surface area contributed by atoms with E-state index in [1.54, 1.807) is 0 Å². The largest absolute Gasteiger partial charge is 0.350 e. The summed E-state index contributed by atoms with van der Waals surface area (Å²) in [5.74, 6) is 1.63. The summed E-state index contributed by atoms with van der Waals surface area (Å²) in [6, 6.07) is 7.97. The van der Waals surface area contributed by atoms with Crippen LogP contribution in [0.1, 0.15) is 18.4 Å². The van der Waals surface area contributed by atoms with Crippen molar-refractivity contribution in [1.29, 1.82) is 0 Å². The molecule has 0 aliphatic carbocycles. The van der Waals surface area contributed by atoms with Crippen LogP contribution >= 0.6 is 15.9 Å². The number of nitrogens with one attached hydrogen (secondary N) is 1. The van der Waals surface area contributed by atoms with Gasteiger partial charge in [-0.1, -0.05) is 34.1 Å². The van der Waals surface area contributed by atoms with Crippen molar-refractivity contribution < 1.29 is 0 Å². The molecule has 4 unspecified atom stereocenters. The van der Waals surface area contributed by atoms with Gasteiger partial charge in [-0.2, -0.15) is 15.0 Å². The maximum atomic E-state index is 6.20. The summed E-state index contributed by atoms with van der Waals surface area (Å²) in [5, 5.41) is 3.34. The standard InChI is InChI=1S/C20H31BrN10/c21-17-4-2-1-3-12(17)7-26-18-27-19(30-8-13(22)5-14(23)9-30)29-20(28-18)31-10-15(24)6-16(25)11-31/h1-4,13-16H,5-11,22-25H2,(H,26,27,28,29). The summed E-state index contributed by atoms with van der Waals surface area (Å²) in [4.78, 5) is 18.2. The van der Waals surface area contributed by atoms with E-state index >= 15 is 0 Å². The molecule has 1 aromatic carbocycles. The molecule has 4 atom stereocenters. The van der Waals surface area contributed by atoms with Gasteiger partial charge in [0.2, 0.25) is 17.8 Å². The fourth-order valence-corrected chi connectivity index (χ4v) is 4.64. The molecule has 2 aromatic rings. The quantitative estimate of drug-likeness (QED) is 0.384. The third-order valence-electron chi connectivity index (χ3n) is 5.60. The molecule has 0 bridgehead atoms. The van der Waals surface area contributed by atoms with Crippen LogP contribution in [0.15, 0.2) is 28.7 Å². The zero-order chi connectivity index (χ0) is 22.0. The lowest BCUT2D eigenvalue weighted by Crippen LogP contribution is -2.54. The molecule has 4 rings (SSSR count). The molecule has 10 nitrogen and oxygen atoms in total. The Labute approximate surface area is 190 Å². The fourth-order valence-electron chi connectivity index (χ4n) is 4.22. The highest BCUT2D eigenvalue weighted by Crippen LogP contribution is 2.23. The Balaban J connectivity index is 1.62. The van der Waals surface area contributed by atoms with Gasteiger partial charge < -0.3 is 38.1 Å². The van der Waals surface area contributed by atoms with Crippen LogP contribution in [-0.2, 0) is 6.54 Å². The Morgan fingerprint density at radius 2 is 1.29 bits per heavy atom. The van der Waals surface area contributed by atoms with Gasteiger partial charge in [-0.3, -0.25) is 0 Å². The van der Waals surface area contributed by atoms with E-state index < -0.39 is 0 Å². The van der Waals surface area contributed by atoms with E-state index in [0.29, 0.717) is 50.6 Å². The first-order valence-electron chi connectivity index (χ1n) is 10.6. The lowest BCUT2D eigenvalue weighted by atomic mass is 10.0. The topological polar surface area (TPSA) is 161 Å². The first-order valence-corrected chi connectivity index (χ1v) is 11.4. The number of anilines is 3. The Hall–Kier alpha value is -2.05. The van der Waals surface area contributed by atoms with Gasteiger partial charge in [-0.25, -0.2) is 0 Å². The number of aromatic nitrogens is 3. The summed E-state index contributed by atoms with van der Waals surface area (Å²) in [7, 11) is 0. The first kappa shape index (κ1) is 22.2. The second kappa shape index (κ2) is 9.61. The number of nitrogens with two attached hydrogens (primary N) is 4. The molecule has 0 saturated carbocycles. The first-order chi connectivity index (χ1) is 14.9. The van der Waals surface area contributed by atoms with Crippen LogP contribution in [-0.4, -0.2) is 65.3 Å². The highest BCUT2D eigenvalue weighted by atomic mass is 79.9. The normalized spacial score (nSPS) is 26.7. The van der Waals surface area contributed by atoms with E-state index in [1.165, 1.54) is 0 Å². The van der Waals surface area contributed by atoms with E-state index in [9.17, 15) is 0 Å². The number of piperidine rings is 2. The van der Waals surface area contributed by atoms with Crippen molar-refractivity contribution in [1.82, 2.24) is 15.0 Å². The second-order valence-electron chi connectivity index (χ2n) is 8.53. The predicted octanol–water partition coefficient (Wildman–Crippen LogP) is -0.0244. The predicted molar refractivity (Wildman–Crippen MR) is 127 cm³/mol. The molecule has 2 fully saturated rings. The molecule has 0 amide bonds. The van der Waals surface area contributed by atoms with Crippen molar-refractivity contribution in [3.05, 3.63) is 34.3 Å². The average Bonchev–Trinajstić information content (AvgIpc) is 2.71. The van der Waals surface area contributed by atoms with E-state index in [4.69, 9.17) is 27.9 Å². The zero-order valence-electron chi connectivity index (χ0n) is 17.5. The summed E-state index contributed by atoms with van der Waals surface area (Å²) >= 11 is 3.59. The molecular weight excluding hydrogens is 460 g/mol.